The fourth-order valence-electron chi connectivity index (χ4n) is 1.95. The molecular formula is C12H14O. The fraction of sp³-hybridized carbons (Fsp3) is 0.333. The zero-order valence-corrected chi connectivity index (χ0v) is 7.83. The zero-order valence-electron chi connectivity index (χ0n) is 7.83. The molecule has 0 spiro atoms. The molecule has 1 heteroatoms. The van der Waals surface area contributed by atoms with Crippen LogP contribution in [0.1, 0.15) is 25.3 Å². The summed E-state index contributed by atoms with van der Waals surface area (Å²) in [5, 5.41) is 10.4. The van der Waals surface area contributed by atoms with Gasteiger partial charge in [-0.15, -0.1) is 0 Å². The second kappa shape index (κ2) is 3.00. The van der Waals surface area contributed by atoms with Gasteiger partial charge in [0.05, 0.1) is 0 Å². The Hall–Kier alpha value is -1.08. The Kier molecular flexibility index (Phi) is 1.97. The first-order valence-electron chi connectivity index (χ1n) is 4.68. The minimum Gasteiger partial charge on any atom is -0.381 e. The quantitative estimate of drug-likeness (QED) is 0.649. The van der Waals surface area contributed by atoms with Crippen LogP contribution in [0.5, 0.6) is 0 Å². The van der Waals surface area contributed by atoms with Crippen LogP contribution in [-0.2, 0) is 5.60 Å². The smallest absolute Gasteiger partial charge is 0.111 e. The van der Waals surface area contributed by atoms with Crippen molar-refractivity contribution in [1.82, 2.24) is 0 Å². The molecule has 1 aromatic rings. The van der Waals surface area contributed by atoms with Crippen molar-refractivity contribution < 1.29 is 5.11 Å². The number of allylic oxidation sites excluding steroid dienone is 1. The highest BCUT2D eigenvalue weighted by atomic mass is 16.3. The van der Waals surface area contributed by atoms with Crippen LogP contribution >= 0.6 is 0 Å². The third-order valence-electron chi connectivity index (χ3n) is 2.86. The molecule has 0 saturated carbocycles. The molecule has 13 heavy (non-hydrogen) atoms. The van der Waals surface area contributed by atoms with Gasteiger partial charge < -0.3 is 5.11 Å². The Morgan fingerprint density at radius 3 is 2.46 bits per heavy atom. The minimum atomic E-state index is -0.693. The molecule has 1 nitrogen and oxygen atoms in total. The van der Waals surface area contributed by atoms with Crippen molar-refractivity contribution in [3.05, 3.63) is 47.5 Å². The Balaban J connectivity index is 2.41. The lowest BCUT2D eigenvalue weighted by atomic mass is 9.88. The summed E-state index contributed by atoms with van der Waals surface area (Å²) < 4.78 is 0. The molecule has 2 rings (SSSR count). The first kappa shape index (κ1) is 8.52. The van der Waals surface area contributed by atoms with Crippen molar-refractivity contribution >= 4 is 0 Å². The number of rotatable bonds is 1. The van der Waals surface area contributed by atoms with Crippen LogP contribution in [0.15, 0.2) is 42.0 Å². The van der Waals surface area contributed by atoms with E-state index in [0.29, 0.717) is 0 Å². The van der Waals surface area contributed by atoms with Gasteiger partial charge in [-0.1, -0.05) is 36.4 Å². The molecule has 1 atom stereocenters. The maximum absolute atomic E-state index is 10.4. The molecule has 0 aromatic heterocycles. The first-order valence-corrected chi connectivity index (χ1v) is 4.68. The number of hydrogen-bond donors (Lipinski definition) is 1. The molecule has 0 aliphatic heterocycles. The molecule has 0 bridgehead atoms. The summed E-state index contributed by atoms with van der Waals surface area (Å²) in [4.78, 5) is 0. The third kappa shape index (κ3) is 1.29. The van der Waals surface area contributed by atoms with E-state index in [1.54, 1.807) is 0 Å². The maximum Gasteiger partial charge on any atom is 0.111 e. The molecular weight excluding hydrogens is 160 g/mol. The maximum atomic E-state index is 10.4. The molecule has 68 valence electrons. The van der Waals surface area contributed by atoms with Crippen LogP contribution in [0.4, 0.5) is 0 Å². The lowest BCUT2D eigenvalue weighted by molar-refractivity contribution is 0.0774. The molecule has 1 N–H and O–H groups in total. The highest BCUT2D eigenvalue weighted by Gasteiger charge is 2.33. The van der Waals surface area contributed by atoms with Crippen molar-refractivity contribution in [2.24, 2.45) is 0 Å². The highest BCUT2D eigenvalue weighted by molar-refractivity contribution is 5.34. The molecule has 1 aromatic carbocycles. The van der Waals surface area contributed by atoms with Crippen molar-refractivity contribution in [2.75, 3.05) is 0 Å². The van der Waals surface area contributed by atoms with E-state index in [4.69, 9.17) is 0 Å². The summed E-state index contributed by atoms with van der Waals surface area (Å²) in [5.74, 6) is 0. The molecule has 0 fully saturated rings. The van der Waals surface area contributed by atoms with Gasteiger partial charge in [-0.2, -0.15) is 0 Å². The van der Waals surface area contributed by atoms with Gasteiger partial charge in [-0.05, 0) is 30.9 Å². The van der Waals surface area contributed by atoms with Crippen LogP contribution in [0.3, 0.4) is 0 Å². The van der Waals surface area contributed by atoms with Gasteiger partial charge in [0.15, 0.2) is 0 Å². The normalized spacial score (nSPS) is 27.4. The second-order valence-electron chi connectivity index (χ2n) is 3.65. The SMILES string of the molecule is CC1=CCC[C@@]1(O)c1ccccc1. The van der Waals surface area contributed by atoms with Gasteiger partial charge in [0.1, 0.15) is 5.60 Å². The highest BCUT2D eigenvalue weighted by Crippen LogP contribution is 2.38. The fourth-order valence-corrected chi connectivity index (χ4v) is 1.95. The lowest BCUT2D eigenvalue weighted by Gasteiger charge is -2.25. The molecule has 1 aliphatic carbocycles. The number of aliphatic hydroxyl groups is 1. The summed E-state index contributed by atoms with van der Waals surface area (Å²) >= 11 is 0. The average Bonchev–Trinajstić information content (AvgIpc) is 2.50. The van der Waals surface area contributed by atoms with Crippen LogP contribution in [-0.4, -0.2) is 5.11 Å². The van der Waals surface area contributed by atoms with Crippen LogP contribution in [0.2, 0.25) is 0 Å². The summed E-state index contributed by atoms with van der Waals surface area (Å²) in [6, 6.07) is 9.89. The number of hydrogen-bond acceptors (Lipinski definition) is 1. The van der Waals surface area contributed by atoms with Gasteiger partial charge in [0.2, 0.25) is 0 Å². The van der Waals surface area contributed by atoms with Crippen LogP contribution in [0, 0.1) is 0 Å². The van der Waals surface area contributed by atoms with E-state index in [-0.39, 0.29) is 0 Å². The Bertz CT molecular complexity index is 326. The summed E-state index contributed by atoms with van der Waals surface area (Å²) in [7, 11) is 0. The van der Waals surface area contributed by atoms with Crippen molar-refractivity contribution in [3.8, 4) is 0 Å². The Labute approximate surface area is 78.7 Å². The van der Waals surface area contributed by atoms with E-state index < -0.39 is 5.60 Å². The first-order chi connectivity index (χ1) is 6.23. The minimum absolute atomic E-state index is 0.693. The van der Waals surface area contributed by atoms with Gasteiger partial charge in [-0.3, -0.25) is 0 Å². The third-order valence-corrected chi connectivity index (χ3v) is 2.86. The van der Waals surface area contributed by atoms with Gasteiger partial charge in [-0.25, -0.2) is 0 Å². The predicted molar refractivity (Wildman–Crippen MR) is 53.3 cm³/mol. The molecule has 0 unspecified atom stereocenters. The predicted octanol–water partition coefficient (Wildman–Crippen LogP) is 2.61. The Morgan fingerprint density at radius 2 is 1.92 bits per heavy atom. The Morgan fingerprint density at radius 1 is 1.23 bits per heavy atom. The van der Waals surface area contributed by atoms with Crippen LogP contribution < -0.4 is 0 Å². The van der Waals surface area contributed by atoms with E-state index >= 15 is 0 Å². The van der Waals surface area contributed by atoms with E-state index in [1.807, 2.05) is 37.3 Å². The van der Waals surface area contributed by atoms with E-state index in [0.717, 1.165) is 24.0 Å². The van der Waals surface area contributed by atoms with Crippen LogP contribution in [0.25, 0.3) is 0 Å². The van der Waals surface area contributed by atoms with E-state index in [2.05, 4.69) is 6.08 Å². The zero-order chi connectivity index (χ0) is 9.31. The lowest BCUT2D eigenvalue weighted by Crippen LogP contribution is -2.23. The molecule has 1 aliphatic rings. The van der Waals surface area contributed by atoms with Gasteiger partial charge in [0.25, 0.3) is 0 Å². The summed E-state index contributed by atoms with van der Waals surface area (Å²) in [6.45, 7) is 2.00. The molecule has 0 heterocycles. The van der Waals surface area contributed by atoms with Gasteiger partial charge >= 0.3 is 0 Å². The number of benzene rings is 1. The second-order valence-corrected chi connectivity index (χ2v) is 3.65. The van der Waals surface area contributed by atoms with Crippen molar-refractivity contribution in [2.45, 2.75) is 25.4 Å². The summed E-state index contributed by atoms with van der Waals surface area (Å²) in [5.41, 5.74) is 1.40. The van der Waals surface area contributed by atoms with E-state index in [9.17, 15) is 5.11 Å². The average molecular weight is 174 g/mol. The largest absolute Gasteiger partial charge is 0.381 e. The molecule has 0 radical (unpaired) electrons. The van der Waals surface area contributed by atoms with Crippen molar-refractivity contribution in [1.29, 1.82) is 0 Å². The molecule has 0 amide bonds. The molecule has 0 saturated heterocycles. The summed E-state index contributed by atoms with van der Waals surface area (Å²) in [6.07, 6.45) is 3.92. The van der Waals surface area contributed by atoms with Crippen molar-refractivity contribution in [3.63, 3.8) is 0 Å². The monoisotopic (exact) mass is 174 g/mol. The van der Waals surface area contributed by atoms with E-state index in [1.165, 1.54) is 0 Å². The topological polar surface area (TPSA) is 20.2 Å². The standard InChI is InChI=1S/C12H14O/c1-10-6-5-9-12(10,13)11-7-3-2-4-8-11/h2-4,6-8,13H,5,9H2,1H3/t12-/m0/s1. The van der Waals surface area contributed by atoms with Gasteiger partial charge in [0, 0.05) is 0 Å².